The number of para-hydroxylation sites is 3. The predicted molar refractivity (Wildman–Crippen MR) is 182 cm³/mol. The third-order valence-corrected chi connectivity index (χ3v) is 8.77. The zero-order valence-corrected chi connectivity index (χ0v) is 23.9. The van der Waals surface area contributed by atoms with Gasteiger partial charge in [0.15, 0.2) is 0 Å². The summed E-state index contributed by atoms with van der Waals surface area (Å²) >= 11 is 0. The lowest BCUT2D eigenvalue weighted by atomic mass is 9.34. The van der Waals surface area contributed by atoms with Crippen LogP contribution in [0.4, 0.5) is 17.1 Å². The van der Waals surface area contributed by atoms with Gasteiger partial charge in [0.2, 0.25) is 0 Å². The Balaban J connectivity index is 1.17. The third-order valence-electron chi connectivity index (χ3n) is 8.77. The van der Waals surface area contributed by atoms with Gasteiger partial charge in [0.05, 0.1) is 0 Å². The van der Waals surface area contributed by atoms with Crippen molar-refractivity contribution in [1.82, 2.24) is 0 Å². The van der Waals surface area contributed by atoms with Gasteiger partial charge in [-0.15, -0.1) is 0 Å². The van der Waals surface area contributed by atoms with Gasteiger partial charge in [0.25, 0.3) is 6.71 Å². The van der Waals surface area contributed by atoms with Gasteiger partial charge in [-0.3, -0.25) is 0 Å². The van der Waals surface area contributed by atoms with Gasteiger partial charge in [-0.05, 0) is 93.5 Å². The van der Waals surface area contributed by atoms with Gasteiger partial charge in [-0.1, -0.05) is 97.1 Å². The van der Waals surface area contributed by atoms with Crippen LogP contribution in [0.15, 0.2) is 158 Å². The molecule has 0 N–H and O–H groups in total. The molecule has 3 nitrogen and oxygen atoms in total. The average molecular weight is 563 g/mol. The van der Waals surface area contributed by atoms with Crippen molar-refractivity contribution in [1.29, 1.82) is 0 Å². The Bertz CT molecular complexity index is 2120. The molecule has 2 aliphatic heterocycles. The predicted octanol–water partition coefficient (Wildman–Crippen LogP) is 8.70. The third kappa shape index (κ3) is 3.92. The van der Waals surface area contributed by atoms with Crippen molar-refractivity contribution in [2.24, 2.45) is 0 Å². The van der Waals surface area contributed by atoms with Crippen molar-refractivity contribution in [2.45, 2.75) is 0 Å². The summed E-state index contributed by atoms with van der Waals surface area (Å²) in [4.78, 5) is 2.27. The Morgan fingerprint density at radius 2 is 1.00 bits per heavy atom. The standard InChI is InChI=1S/C40H26BNO2/c1-3-12-30(13-4-1)42(31-14-5-2-6-15-31)32-22-19-27(20-23-32)29-25-37-40-38(26-29)44-36-24-21-28-11-7-8-16-33(28)39(36)41(40)34-17-9-10-18-35(34)43-37/h1-26H. The van der Waals surface area contributed by atoms with E-state index >= 15 is 0 Å². The highest BCUT2D eigenvalue weighted by molar-refractivity contribution is 6.99. The molecule has 0 bridgehead atoms. The molecule has 0 aromatic heterocycles. The number of hydrogen-bond acceptors (Lipinski definition) is 3. The van der Waals surface area contributed by atoms with Gasteiger partial charge in [0, 0.05) is 22.5 Å². The second kappa shape index (κ2) is 9.93. The molecule has 4 heteroatoms. The summed E-state index contributed by atoms with van der Waals surface area (Å²) in [5, 5.41) is 2.42. The minimum atomic E-state index is 0.0292. The number of nitrogens with zero attached hydrogens (tertiary/aromatic N) is 1. The van der Waals surface area contributed by atoms with E-state index in [-0.39, 0.29) is 6.71 Å². The lowest BCUT2D eigenvalue weighted by Crippen LogP contribution is -2.57. The Kier molecular flexibility index (Phi) is 5.60. The van der Waals surface area contributed by atoms with Crippen LogP contribution in [0.2, 0.25) is 0 Å². The topological polar surface area (TPSA) is 21.7 Å². The van der Waals surface area contributed by atoms with Crippen LogP contribution in [-0.4, -0.2) is 6.71 Å². The summed E-state index contributed by atoms with van der Waals surface area (Å²) in [7, 11) is 0. The zero-order valence-electron chi connectivity index (χ0n) is 23.9. The fourth-order valence-electron chi connectivity index (χ4n) is 6.79. The normalized spacial score (nSPS) is 12.4. The number of anilines is 3. The largest absolute Gasteiger partial charge is 0.458 e. The zero-order chi connectivity index (χ0) is 29.0. The second-order valence-electron chi connectivity index (χ2n) is 11.3. The molecule has 0 atom stereocenters. The molecule has 0 fully saturated rings. The van der Waals surface area contributed by atoms with Crippen LogP contribution in [0.5, 0.6) is 23.0 Å². The van der Waals surface area contributed by atoms with Crippen molar-refractivity contribution in [2.75, 3.05) is 4.90 Å². The molecule has 0 aliphatic carbocycles. The first kappa shape index (κ1) is 24.8. The van der Waals surface area contributed by atoms with E-state index < -0.39 is 0 Å². The molecule has 2 aliphatic rings. The Labute approximate surface area is 256 Å². The molecule has 0 spiro atoms. The molecule has 0 radical (unpaired) electrons. The monoisotopic (exact) mass is 563 g/mol. The summed E-state index contributed by atoms with van der Waals surface area (Å²) < 4.78 is 13.3. The molecular weight excluding hydrogens is 537 g/mol. The van der Waals surface area contributed by atoms with Crippen molar-refractivity contribution >= 4 is 50.9 Å². The lowest BCUT2D eigenvalue weighted by Gasteiger charge is -2.34. The Hall–Kier alpha value is -5.74. The minimum Gasteiger partial charge on any atom is -0.458 e. The van der Waals surface area contributed by atoms with E-state index in [0.29, 0.717) is 0 Å². The molecule has 0 unspecified atom stereocenters. The summed E-state index contributed by atoms with van der Waals surface area (Å²) in [6.45, 7) is 0.0292. The summed E-state index contributed by atoms with van der Waals surface area (Å²) in [6, 6.07) is 55.2. The first-order valence-electron chi connectivity index (χ1n) is 15.0. The average Bonchev–Trinajstić information content (AvgIpc) is 3.09. The number of hydrogen-bond donors (Lipinski definition) is 0. The molecule has 7 aromatic rings. The quantitative estimate of drug-likeness (QED) is 0.200. The maximum absolute atomic E-state index is 6.70. The maximum Gasteiger partial charge on any atom is 0.261 e. The van der Waals surface area contributed by atoms with Gasteiger partial charge in [-0.25, -0.2) is 0 Å². The van der Waals surface area contributed by atoms with E-state index in [1.807, 2.05) is 18.2 Å². The van der Waals surface area contributed by atoms with Crippen molar-refractivity contribution in [3.63, 3.8) is 0 Å². The minimum absolute atomic E-state index is 0.0292. The first-order chi connectivity index (χ1) is 21.8. The van der Waals surface area contributed by atoms with Crippen LogP contribution in [0.3, 0.4) is 0 Å². The SMILES string of the molecule is c1ccc(N(c2ccccc2)c2ccc(-c3cc4c5c(c3)Oc3ccc6ccccc6c3B5c3ccccc3O4)cc2)cc1. The van der Waals surface area contributed by atoms with Crippen LogP contribution >= 0.6 is 0 Å². The van der Waals surface area contributed by atoms with Gasteiger partial charge in [0.1, 0.15) is 23.0 Å². The first-order valence-corrected chi connectivity index (χ1v) is 15.0. The lowest BCUT2D eigenvalue weighted by molar-refractivity contribution is 0.465. The van der Waals surface area contributed by atoms with E-state index in [4.69, 9.17) is 9.47 Å². The smallest absolute Gasteiger partial charge is 0.261 e. The molecule has 9 rings (SSSR count). The number of benzene rings is 7. The van der Waals surface area contributed by atoms with Gasteiger partial charge < -0.3 is 14.4 Å². The summed E-state index contributed by atoms with van der Waals surface area (Å²) in [5.41, 5.74) is 8.93. The second-order valence-corrected chi connectivity index (χ2v) is 11.3. The van der Waals surface area contributed by atoms with Crippen molar-refractivity contribution in [3.05, 3.63) is 158 Å². The van der Waals surface area contributed by atoms with Gasteiger partial charge >= 0.3 is 0 Å². The van der Waals surface area contributed by atoms with E-state index in [1.165, 1.54) is 21.7 Å². The molecule has 0 amide bonds. The molecule has 206 valence electrons. The van der Waals surface area contributed by atoms with Crippen LogP contribution in [0.1, 0.15) is 0 Å². The molecule has 0 saturated carbocycles. The molecule has 7 aromatic carbocycles. The van der Waals surface area contributed by atoms with E-state index in [9.17, 15) is 0 Å². The summed E-state index contributed by atoms with van der Waals surface area (Å²) in [5.74, 6) is 3.49. The van der Waals surface area contributed by atoms with Crippen LogP contribution in [0.25, 0.3) is 21.9 Å². The highest BCUT2D eigenvalue weighted by Crippen LogP contribution is 2.40. The van der Waals surface area contributed by atoms with Crippen molar-refractivity contribution < 1.29 is 9.47 Å². The molecule has 0 saturated heterocycles. The molecule has 2 heterocycles. The van der Waals surface area contributed by atoms with E-state index in [1.54, 1.807) is 0 Å². The number of ether oxygens (including phenoxy) is 2. The molecule has 44 heavy (non-hydrogen) atoms. The molecular formula is C40H26BNO2. The summed E-state index contributed by atoms with van der Waals surface area (Å²) in [6.07, 6.45) is 0. The van der Waals surface area contributed by atoms with Crippen LogP contribution in [-0.2, 0) is 0 Å². The highest BCUT2D eigenvalue weighted by atomic mass is 16.5. The van der Waals surface area contributed by atoms with Gasteiger partial charge in [-0.2, -0.15) is 0 Å². The van der Waals surface area contributed by atoms with Crippen molar-refractivity contribution in [3.8, 4) is 34.1 Å². The fourth-order valence-corrected chi connectivity index (χ4v) is 6.79. The van der Waals surface area contributed by atoms with Crippen LogP contribution in [0, 0.1) is 0 Å². The van der Waals surface area contributed by atoms with Crippen LogP contribution < -0.4 is 30.8 Å². The Morgan fingerprint density at radius 3 is 1.73 bits per heavy atom. The highest BCUT2D eigenvalue weighted by Gasteiger charge is 2.41. The van der Waals surface area contributed by atoms with E-state index in [0.717, 1.165) is 56.6 Å². The maximum atomic E-state index is 6.70. The number of rotatable bonds is 4. The number of fused-ring (bicyclic) bond motifs is 6. The van der Waals surface area contributed by atoms with E-state index in [2.05, 4.69) is 144 Å². The Morgan fingerprint density at radius 1 is 0.409 bits per heavy atom. The fraction of sp³-hybridized carbons (Fsp3) is 0.